The van der Waals surface area contributed by atoms with Crippen LogP contribution in [-0.2, 0) is 11.8 Å². The maximum atomic E-state index is 11.9. The molecule has 1 aliphatic heterocycles. The number of nitrogens with one attached hydrogen (secondary N) is 2. The molecule has 1 fully saturated rings. The molecule has 0 aliphatic carbocycles. The van der Waals surface area contributed by atoms with Gasteiger partial charge in [0.2, 0.25) is 5.91 Å². The van der Waals surface area contributed by atoms with Gasteiger partial charge in [-0.15, -0.1) is 0 Å². The van der Waals surface area contributed by atoms with E-state index in [9.17, 15) is 4.79 Å². The average Bonchev–Trinajstić information content (AvgIpc) is 2.59. The van der Waals surface area contributed by atoms with E-state index in [2.05, 4.69) is 15.7 Å². The highest BCUT2D eigenvalue weighted by molar-refractivity contribution is 5.92. The molecule has 0 bridgehead atoms. The van der Waals surface area contributed by atoms with Crippen molar-refractivity contribution in [1.29, 1.82) is 0 Å². The molecule has 1 amide bonds. The molecule has 1 atom stereocenters. The standard InChI is InChI=1S/C11H18N4O/c1-8-6-10(15(2)14-8)13-11(16)9-4-3-5-12-7-9/h6,9,12H,3-5,7H2,1-2H3,(H,13,16). The number of piperidine rings is 1. The predicted molar refractivity (Wildman–Crippen MR) is 62.2 cm³/mol. The fourth-order valence-electron chi connectivity index (χ4n) is 2.03. The summed E-state index contributed by atoms with van der Waals surface area (Å²) < 4.78 is 1.70. The summed E-state index contributed by atoms with van der Waals surface area (Å²) in [5, 5.41) is 10.4. The fourth-order valence-corrected chi connectivity index (χ4v) is 2.03. The molecule has 0 spiro atoms. The summed E-state index contributed by atoms with van der Waals surface area (Å²) in [6.07, 6.45) is 2.04. The minimum Gasteiger partial charge on any atom is -0.316 e. The van der Waals surface area contributed by atoms with Crippen molar-refractivity contribution in [3.8, 4) is 0 Å². The zero-order valence-electron chi connectivity index (χ0n) is 9.79. The van der Waals surface area contributed by atoms with Crippen LogP contribution >= 0.6 is 0 Å². The first kappa shape index (κ1) is 11.1. The highest BCUT2D eigenvalue weighted by Crippen LogP contribution is 2.14. The van der Waals surface area contributed by atoms with Crippen LogP contribution in [0, 0.1) is 12.8 Å². The molecule has 0 radical (unpaired) electrons. The van der Waals surface area contributed by atoms with Crippen LogP contribution in [-0.4, -0.2) is 28.8 Å². The van der Waals surface area contributed by atoms with Gasteiger partial charge in [-0.25, -0.2) is 0 Å². The Labute approximate surface area is 95.2 Å². The molecule has 2 rings (SSSR count). The molecule has 2 heterocycles. The van der Waals surface area contributed by atoms with E-state index in [1.54, 1.807) is 4.68 Å². The molecule has 1 aromatic heterocycles. The van der Waals surface area contributed by atoms with Crippen molar-refractivity contribution in [3.05, 3.63) is 11.8 Å². The van der Waals surface area contributed by atoms with Crippen molar-refractivity contribution in [2.24, 2.45) is 13.0 Å². The molecule has 2 N–H and O–H groups in total. The second-order valence-electron chi connectivity index (χ2n) is 4.33. The van der Waals surface area contributed by atoms with Crippen LogP contribution in [0.3, 0.4) is 0 Å². The zero-order chi connectivity index (χ0) is 11.5. The van der Waals surface area contributed by atoms with Crippen LogP contribution in [0.2, 0.25) is 0 Å². The van der Waals surface area contributed by atoms with Crippen LogP contribution < -0.4 is 10.6 Å². The monoisotopic (exact) mass is 222 g/mol. The van der Waals surface area contributed by atoms with Crippen molar-refractivity contribution >= 4 is 11.7 Å². The Bertz CT molecular complexity index is 379. The van der Waals surface area contributed by atoms with E-state index in [-0.39, 0.29) is 11.8 Å². The first-order chi connectivity index (χ1) is 7.66. The molecule has 1 aromatic rings. The second-order valence-corrected chi connectivity index (χ2v) is 4.33. The van der Waals surface area contributed by atoms with Crippen LogP contribution in [0.5, 0.6) is 0 Å². The lowest BCUT2D eigenvalue weighted by molar-refractivity contribution is -0.120. The molecule has 5 heteroatoms. The lowest BCUT2D eigenvalue weighted by atomic mass is 9.99. The van der Waals surface area contributed by atoms with Gasteiger partial charge in [-0.3, -0.25) is 9.48 Å². The number of nitrogens with zero attached hydrogens (tertiary/aromatic N) is 2. The van der Waals surface area contributed by atoms with Gasteiger partial charge in [0.1, 0.15) is 5.82 Å². The summed E-state index contributed by atoms with van der Waals surface area (Å²) in [6.45, 7) is 3.72. The molecule has 1 saturated heterocycles. The van der Waals surface area contributed by atoms with Crippen LogP contribution in [0.15, 0.2) is 6.07 Å². The van der Waals surface area contributed by atoms with Gasteiger partial charge in [-0.2, -0.15) is 5.10 Å². The Kier molecular flexibility index (Phi) is 3.24. The first-order valence-electron chi connectivity index (χ1n) is 5.69. The number of carbonyl (C=O) groups is 1. The maximum Gasteiger partial charge on any atom is 0.229 e. The predicted octanol–water partition coefficient (Wildman–Crippen LogP) is 0.667. The number of rotatable bonds is 2. The minimum atomic E-state index is 0.0870. The normalized spacial score (nSPS) is 20.8. The van der Waals surface area contributed by atoms with Crippen molar-refractivity contribution in [2.75, 3.05) is 18.4 Å². The lowest BCUT2D eigenvalue weighted by Crippen LogP contribution is -2.37. The highest BCUT2D eigenvalue weighted by Gasteiger charge is 2.21. The third kappa shape index (κ3) is 2.41. The van der Waals surface area contributed by atoms with Gasteiger partial charge >= 0.3 is 0 Å². The van der Waals surface area contributed by atoms with Crippen LogP contribution in [0.1, 0.15) is 18.5 Å². The molecular weight excluding hydrogens is 204 g/mol. The van der Waals surface area contributed by atoms with E-state index >= 15 is 0 Å². The number of aryl methyl sites for hydroxylation is 2. The largest absolute Gasteiger partial charge is 0.316 e. The number of hydrogen-bond donors (Lipinski definition) is 2. The summed E-state index contributed by atoms with van der Waals surface area (Å²) in [7, 11) is 1.84. The third-order valence-corrected chi connectivity index (χ3v) is 2.92. The smallest absolute Gasteiger partial charge is 0.229 e. The summed E-state index contributed by atoms with van der Waals surface area (Å²) in [6, 6.07) is 1.88. The summed E-state index contributed by atoms with van der Waals surface area (Å²) in [5.74, 6) is 0.951. The number of aromatic nitrogens is 2. The maximum absolute atomic E-state index is 11.9. The SMILES string of the molecule is Cc1cc(NC(=O)C2CCCNC2)n(C)n1. The molecule has 1 unspecified atom stereocenters. The number of hydrogen-bond acceptors (Lipinski definition) is 3. The molecule has 1 aliphatic rings. The van der Waals surface area contributed by atoms with Crippen LogP contribution in [0.25, 0.3) is 0 Å². The van der Waals surface area contributed by atoms with E-state index in [1.165, 1.54) is 0 Å². The van der Waals surface area contributed by atoms with Crippen molar-refractivity contribution < 1.29 is 4.79 Å². The van der Waals surface area contributed by atoms with Crippen molar-refractivity contribution in [1.82, 2.24) is 15.1 Å². The van der Waals surface area contributed by atoms with E-state index in [4.69, 9.17) is 0 Å². The first-order valence-corrected chi connectivity index (χ1v) is 5.69. The van der Waals surface area contributed by atoms with Gasteiger partial charge in [0, 0.05) is 19.7 Å². The van der Waals surface area contributed by atoms with Crippen molar-refractivity contribution in [3.63, 3.8) is 0 Å². The van der Waals surface area contributed by atoms with Crippen molar-refractivity contribution in [2.45, 2.75) is 19.8 Å². The fraction of sp³-hybridized carbons (Fsp3) is 0.636. The Morgan fingerprint density at radius 1 is 1.69 bits per heavy atom. The van der Waals surface area contributed by atoms with Gasteiger partial charge in [0.15, 0.2) is 0 Å². The molecule has 88 valence electrons. The number of carbonyl (C=O) groups excluding carboxylic acids is 1. The zero-order valence-corrected chi connectivity index (χ0v) is 9.79. The van der Waals surface area contributed by atoms with E-state index < -0.39 is 0 Å². The van der Waals surface area contributed by atoms with Gasteiger partial charge in [-0.1, -0.05) is 0 Å². The van der Waals surface area contributed by atoms with E-state index in [0.29, 0.717) is 0 Å². The Morgan fingerprint density at radius 2 is 2.50 bits per heavy atom. The van der Waals surface area contributed by atoms with Crippen LogP contribution in [0.4, 0.5) is 5.82 Å². The van der Waals surface area contributed by atoms with E-state index in [1.807, 2.05) is 20.0 Å². The van der Waals surface area contributed by atoms with Gasteiger partial charge < -0.3 is 10.6 Å². The third-order valence-electron chi connectivity index (χ3n) is 2.92. The van der Waals surface area contributed by atoms with E-state index in [0.717, 1.165) is 37.4 Å². The van der Waals surface area contributed by atoms with Gasteiger partial charge in [0.25, 0.3) is 0 Å². The highest BCUT2D eigenvalue weighted by atomic mass is 16.2. The second kappa shape index (κ2) is 4.65. The van der Waals surface area contributed by atoms with Gasteiger partial charge in [-0.05, 0) is 26.3 Å². The number of anilines is 1. The Balaban J connectivity index is 1.98. The quantitative estimate of drug-likeness (QED) is 0.773. The minimum absolute atomic E-state index is 0.0870. The molecule has 16 heavy (non-hydrogen) atoms. The summed E-state index contributed by atoms with van der Waals surface area (Å²) in [5.41, 5.74) is 0.916. The summed E-state index contributed by atoms with van der Waals surface area (Å²) >= 11 is 0. The molecule has 5 nitrogen and oxygen atoms in total. The van der Waals surface area contributed by atoms with Gasteiger partial charge in [0.05, 0.1) is 11.6 Å². The Morgan fingerprint density at radius 3 is 3.06 bits per heavy atom. The molecule has 0 saturated carbocycles. The topological polar surface area (TPSA) is 59.0 Å². The molecular formula is C11H18N4O. The summed E-state index contributed by atoms with van der Waals surface area (Å²) in [4.78, 5) is 11.9. The molecule has 0 aromatic carbocycles. The lowest BCUT2D eigenvalue weighted by Gasteiger charge is -2.21. The number of amides is 1. The Hall–Kier alpha value is -1.36. The average molecular weight is 222 g/mol.